The Morgan fingerprint density at radius 2 is 1.95 bits per heavy atom. The van der Waals surface area contributed by atoms with Crippen LogP contribution in [0, 0.1) is 0 Å². The molecule has 3 nitrogen and oxygen atoms in total. The van der Waals surface area contributed by atoms with Gasteiger partial charge in [0.1, 0.15) is 11.2 Å². The molecule has 0 bridgehead atoms. The molecule has 0 unspecified atom stereocenters. The van der Waals surface area contributed by atoms with Crippen molar-refractivity contribution in [3.63, 3.8) is 0 Å². The molecule has 0 radical (unpaired) electrons. The number of nitrogens with zero attached hydrogens (tertiary/aromatic N) is 1. The first-order valence-electron chi connectivity index (χ1n) is 6.59. The fraction of sp³-hybridized carbons (Fsp3) is 0.250. The predicted molar refractivity (Wildman–Crippen MR) is 75.7 cm³/mol. The Bertz CT molecular complexity index is 773. The fourth-order valence-electron chi connectivity index (χ4n) is 2.40. The van der Waals surface area contributed by atoms with Crippen LogP contribution in [-0.4, -0.2) is 4.98 Å². The quantitative estimate of drug-likeness (QED) is 0.657. The molecule has 3 heteroatoms. The molecule has 2 aliphatic rings. The minimum atomic E-state index is 0.0957. The summed E-state index contributed by atoms with van der Waals surface area (Å²) in [7, 11) is 0. The number of rotatable bonds is 2. The van der Waals surface area contributed by atoms with Crippen molar-refractivity contribution in [1.29, 1.82) is 0 Å². The van der Waals surface area contributed by atoms with Gasteiger partial charge in [0.15, 0.2) is 16.8 Å². The number of benzene rings is 2. The SMILES string of the molecule is CCc1cc2nc3ccccc3oc-2c(CC)c1=O. The summed E-state index contributed by atoms with van der Waals surface area (Å²) >= 11 is 0. The van der Waals surface area contributed by atoms with Gasteiger partial charge in [-0.05, 0) is 31.0 Å². The highest BCUT2D eigenvalue weighted by Gasteiger charge is 2.18. The van der Waals surface area contributed by atoms with Gasteiger partial charge in [-0.15, -0.1) is 0 Å². The minimum Gasteiger partial charge on any atom is -0.452 e. The summed E-state index contributed by atoms with van der Waals surface area (Å²) in [5, 5.41) is 0. The average Bonchev–Trinajstić information content (AvgIpc) is 2.45. The monoisotopic (exact) mass is 253 g/mol. The summed E-state index contributed by atoms with van der Waals surface area (Å²) in [5.74, 6) is 0.628. The van der Waals surface area contributed by atoms with Gasteiger partial charge in [0.2, 0.25) is 0 Å². The van der Waals surface area contributed by atoms with E-state index in [1.807, 2.05) is 44.2 Å². The smallest absolute Gasteiger partial charge is 0.188 e. The van der Waals surface area contributed by atoms with Crippen molar-refractivity contribution in [2.45, 2.75) is 26.7 Å². The van der Waals surface area contributed by atoms with Crippen molar-refractivity contribution < 1.29 is 4.42 Å². The molecule has 0 saturated heterocycles. The molecular formula is C16H15NO2. The van der Waals surface area contributed by atoms with E-state index < -0.39 is 0 Å². The molecule has 0 aromatic heterocycles. The molecule has 0 amide bonds. The third-order valence-corrected chi connectivity index (χ3v) is 3.44. The molecule has 1 aromatic rings. The van der Waals surface area contributed by atoms with Crippen molar-refractivity contribution in [2.24, 2.45) is 0 Å². The number of aryl methyl sites for hydroxylation is 1. The molecule has 0 N–H and O–H groups in total. The fourth-order valence-corrected chi connectivity index (χ4v) is 2.40. The molecule has 19 heavy (non-hydrogen) atoms. The maximum absolute atomic E-state index is 12.3. The number of hydrogen-bond acceptors (Lipinski definition) is 3. The summed E-state index contributed by atoms with van der Waals surface area (Å²) < 4.78 is 5.89. The van der Waals surface area contributed by atoms with E-state index in [0.717, 1.165) is 28.8 Å². The van der Waals surface area contributed by atoms with E-state index in [9.17, 15) is 4.79 Å². The van der Waals surface area contributed by atoms with Crippen molar-refractivity contribution >= 4 is 11.1 Å². The molecule has 0 saturated carbocycles. The average molecular weight is 253 g/mol. The highest BCUT2D eigenvalue weighted by molar-refractivity contribution is 5.77. The highest BCUT2D eigenvalue weighted by Crippen LogP contribution is 2.27. The molecule has 1 aliphatic heterocycles. The second kappa shape index (κ2) is 4.50. The van der Waals surface area contributed by atoms with Gasteiger partial charge in [0, 0.05) is 11.1 Å². The first kappa shape index (κ1) is 11.9. The van der Waals surface area contributed by atoms with Crippen LogP contribution in [0.1, 0.15) is 25.0 Å². The Morgan fingerprint density at radius 1 is 1.16 bits per heavy atom. The Morgan fingerprint density at radius 3 is 2.68 bits per heavy atom. The van der Waals surface area contributed by atoms with E-state index in [1.54, 1.807) is 0 Å². The molecule has 1 heterocycles. The van der Waals surface area contributed by atoms with Crippen molar-refractivity contribution in [1.82, 2.24) is 4.98 Å². The highest BCUT2D eigenvalue weighted by atomic mass is 16.3. The van der Waals surface area contributed by atoms with Gasteiger partial charge in [-0.1, -0.05) is 26.0 Å². The standard InChI is InChI=1S/C16H15NO2/c1-3-10-9-13-16(11(4-2)15(10)18)19-14-8-6-5-7-12(14)17-13/h5-9H,3-4H2,1-2H3. The van der Waals surface area contributed by atoms with Crippen LogP contribution >= 0.6 is 0 Å². The van der Waals surface area contributed by atoms with Crippen LogP contribution in [0.5, 0.6) is 0 Å². The van der Waals surface area contributed by atoms with Crippen LogP contribution in [0.4, 0.5) is 0 Å². The second-order valence-corrected chi connectivity index (χ2v) is 4.58. The lowest BCUT2D eigenvalue weighted by Crippen LogP contribution is -2.16. The lowest BCUT2D eigenvalue weighted by Gasteiger charge is -2.11. The van der Waals surface area contributed by atoms with Gasteiger partial charge in [-0.2, -0.15) is 0 Å². The largest absolute Gasteiger partial charge is 0.452 e. The van der Waals surface area contributed by atoms with Crippen LogP contribution < -0.4 is 5.43 Å². The van der Waals surface area contributed by atoms with Crippen molar-refractivity contribution in [3.05, 3.63) is 51.7 Å². The Labute approximate surface area is 111 Å². The number of aromatic nitrogens is 1. The van der Waals surface area contributed by atoms with E-state index in [0.29, 0.717) is 17.8 Å². The lowest BCUT2D eigenvalue weighted by atomic mass is 10.0. The zero-order valence-corrected chi connectivity index (χ0v) is 11.1. The second-order valence-electron chi connectivity index (χ2n) is 4.58. The molecule has 3 rings (SSSR count). The third kappa shape index (κ3) is 1.82. The Hall–Kier alpha value is -2.16. The first-order chi connectivity index (χ1) is 9.24. The van der Waals surface area contributed by atoms with Gasteiger partial charge < -0.3 is 4.42 Å². The maximum atomic E-state index is 12.3. The van der Waals surface area contributed by atoms with E-state index in [1.165, 1.54) is 0 Å². The van der Waals surface area contributed by atoms with Crippen LogP contribution in [0.2, 0.25) is 0 Å². The molecule has 1 aliphatic carbocycles. The van der Waals surface area contributed by atoms with Crippen LogP contribution in [0.15, 0.2) is 39.5 Å². The maximum Gasteiger partial charge on any atom is 0.188 e. The lowest BCUT2D eigenvalue weighted by molar-refractivity contribution is 0.604. The van der Waals surface area contributed by atoms with Gasteiger partial charge in [0.25, 0.3) is 0 Å². The van der Waals surface area contributed by atoms with Crippen LogP contribution in [0.3, 0.4) is 0 Å². The number of fused-ring (bicyclic) bond motifs is 2. The summed E-state index contributed by atoms with van der Waals surface area (Å²) in [6, 6.07) is 9.48. The van der Waals surface area contributed by atoms with E-state index in [4.69, 9.17) is 4.42 Å². The van der Waals surface area contributed by atoms with Crippen LogP contribution in [-0.2, 0) is 12.8 Å². The molecule has 96 valence electrons. The van der Waals surface area contributed by atoms with E-state index in [-0.39, 0.29) is 5.43 Å². The summed E-state index contributed by atoms with van der Waals surface area (Å²) in [5.41, 5.74) is 3.94. The van der Waals surface area contributed by atoms with Gasteiger partial charge in [-0.3, -0.25) is 4.79 Å². The Balaban J connectivity index is 2.47. The topological polar surface area (TPSA) is 43.1 Å². The minimum absolute atomic E-state index is 0.0957. The summed E-state index contributed by atoms with van der Waals surface area (Å²) in [4.78, 5) is 16.9. The summed E-state index contributed by atoms with van der Waals surface area (Å²) in [6.45, 7) is 3.96. The van der Waals surface area contributed by atoms with Crippen molar-refractivity contribution in [3.8, 4) is 11.5 Å². The van der Waals surface area contributed by atoms with Crippen LogP contribution in [0.25, 0.3) is 22.6 Å². The molecule has 0 fully saturated rings. The predicted octanol–water partition coefficient (Wildman–Crippen LogP) is 3.42. The molecule has 1 aromatic carbocycles. The number of hydrogen-bond donors (Lipinski definition) is 0. The number of para-hydroxylation sites is 2. The molecule has 0 spiro atoms. The zero-order valence-electron chi connectivity index (χ0n) is 11.1. The Kier molecular flexibility index (Phi) is 2.82. The first-order valence-corrected chi connectivity index (χ1v) is 6.59. The third-order valence-electron chi connectivity index (χ3n) is 3.44. The molecular weight excluding hydrogens is 238 g/mol. The summed E-state index contributed by atoms with van der Waals surface area (Å²) in [6.07, 6.45) is 1.38. The van der Waals surface area contributed by atoms with E-state index >= 15 is 0 Å². The normalized spacial score (nSPS) is 11.3. The van der Waals surface area contributed by atoms with Gasteiger partial charge in [0.05, 0.1) is 0 Å². The van der Waals surface area contributed by atoms with Gasteiger partial charge >= 0.3 is 0 Å². The van der Waals surface area contributed by atoms with Gasteiger partial charge in [-0.25, -0.2) is 4.98 Å². The van der Waals surface area contributed by atoms with Crippen molar-refractivity contribution in [2.75, 3.05) is 0 Å². The zero-order chi connectivity index (χ0) is 13.4. The van der Waals surface area contributed by atoms with E-state index in [2.05, 4.69) is 4.98 Å². The molecule has 0 atom stereocenters.